The van der Waals surface area contributed by atoms with Gasteiger partial charge in [-0.15, -0.1) is 0 Å². The van der Waals surface area contributed by atoms with Crippen LogP contribution in [-0.2, 0) is 6.54 Å². The monoisotopic (exact) mass is 221 g/mol. The predicted octanol–water partition coefficient (Wildman–Crippen LogP) is 2.54. The zero-order valence-electron chi connectivity index (χ0n) is 10.4. The highest BCUT2D eigenvalue weighted by Gasteiger charge is 2.20. The molecule has 1 aromatic rings. The summed E-state index contributed by atoms with van der Waals surface area (Å²) in [6.45, 7) is 6.69. The second-order valence-electron chi connectivity index (χ2n) is 4.90. The molecule has 0 saturated heterocycles. The fourth-order valence-electron chi connectivity index (χ4n) is 2.10. The van der Waals surface area contributed by atoms with Crippen molar-refractivity contribution in [3.05, 3.63) is 18.0 Å². The summed E-state index contributed by atoms with van der Waals surface area (Å²) in [7, 11) is 0. The number of aromatic nitrogens is 2. The van der Waals surface area contributed by atoms with Crippen LogP contribution in [0.1, 0.15) is 51.1 Å². The quantitative estimate of drug-likeness (QED) is 0.767. The number of nitrogens with zero attached hydrogens (tertiary/aromatic N) is 2. The minimum Gasteiger partial charge on any atom is -0.314 e. The average molecular weight is 221 g/mol. The van der Waals surface area contributed by atoms with E-state index < -0.39 is 0 Å². The summed E-state index contributed by atoms with van der Waals surface area (Å²) in [6.07, 6.45) is 7.05. The zero-order valence-corrected chi connectivity index (χ0v) is 10.4. The van der Waals surface area contributed by atoms with Crippen LogP contribution in [0.2, 0.25) is 0 Å². The van der Waals surface area contributed by atoms with Gasteiger partial charge in [0.15, 0.2) is 0 Å². The van der Waals surface area contributed by atoms with E-state index in [1.807, 2.05) is 6.20 Å². The van der Waals surface area contributed by atoms with E-state index in [2.05, 4.69) is 35.0 Å². The third-order valence-electron chi connectivity index (χ3n) is 3.28. The molecular formula is C13H23N3. The number of nitrogens with one attached hydrogen (secondary N) is 1. The first-order valence-corrected chi connectivity index (χ1v) is 6.56. The molecular weight excluding hydrogens is 198 g/mol. The van der Waals surface area contributed by atoms with Crippen LogP contribution in [-0.4, -0.2) is 22.4 Å². The molecule has 2 rings (SSSR count). The summed E-state index contributed by atoms with van der Waals surface area (Å²) in [6, 6.07) is 2.99. The number of hydrogen-bond donors (Lipinski definition) is 1. The summed E-state index contributed by atoms with van der Waals surface area (Å²) >= 11 is 0. The lowest BCUT2D eigenvalue weighted by Crippen LogP contribution is -2.19. The average Bonchev–Trinajstić information content (AvgIpc) is 2.97. The maximum Gasteiger partial charge on any atom is 0.0492 e. The Morgan fingerprint density at radius 2 is 2.38 bits per heavy atom. The maximum atomic E-state index is 4.38. The van der Waals surface area contributed by atoms with Crippen molar-refractivity contribution < 1.29 is 0 Å². The minimum atomic E-state index is 0.611. The fourth-order valence-corrected chi connectivity index (χ4v) is 2.10. The van der Waals surface area contributed by atoms with E-state index in [-0.39, 0.29) is 0 Å². The molecule has 16 heavy (non-hydrogen) atoms. The van der Waals surface area contributed by atoms with Crippen LogP contribution in [0.15, 0.2) is 12.3 Å². The van der Waals surface area contributed by atoms with Gasteiger partial charge in [0.05, 0.1) is 0 Å². The van der Waals surface area contributed by atoms with Gasteiger partial charge >= 0.3 is 0 Å². The van der Waals surface area contributed by atoms with E-state index in [1.165, 1.54) is 25.0 Å². The van der Waals surface area contributed by atoms with Gasteiger partial charge in [-0.1, -0.05) is 13.8 Å². The second kappa shape index (κ2) is 5.48. The SMILES string of the molecule is CCCn1nccc1C(C)CCNC1CC1. The third-order valence-corrected chi connectivity index (χ3v) is 3.28. The Hall–Kier alpha value is -0.830. The van der Waals surface area contributed by atoms with Crippen LogP contribution >= 0.6 is 0 Å². The van der Waals surface area contributed by atoms with E-state index in [9.17, 15) is 0 Å². The smallest absolute Gasteiger partial charge is 0.0492 e. The first-order chi connectivity index (χ1) is 7.81. The standard InChI is InChI=1S/C13H23N3/c1-3-10-16-13(7-9-15-16)11(2)6-8-14-12-4-5-12/h7,9,11-12,14H,3-6,8,10H2,1-2H3. The molecule has 1 saturated carbocycles. The molecule has 1 unspecified atom stereocenters. The van der Waals surface area contributed by atoms with Gasteiger partial charge < -0.3 is 5.32 Å². The molecule has 1 aliphatic carbocycles. The Labute approximate surface area is 98.2 Å². The van der Waals surface area contributed by atoms with E-state index >= 15 is 0 Å². The third kappa shape index (κ3) is 3.08. The van der Waals surface area contributed by atoms with Gasteiger partial charge in [-0.05, 0) is 44.2 Å². The Balaban J connectivity index is 1.80. The molecule has 3 nitrogen and oxygen atoms in total. The molecule has 1 atom stereocenters. The first-order valence-electron chi connectivity index (χ1n) is 6.56. The largest absolute Gasteiger partial charge is 0.314 e. The Morgan fingerprint density at radius 3 is 3.06 bits per heavy atom. The van der Waals surface area contributed by atoms with Crippen molar-refractivity contribution in [3.63, 3.8) is 0 Å². The highest BCUT2D eigenvalue weighted by atomic mass is 15.3. The van der Waals surface area contributed by atoms with E-state index in [0.29, 0.717) is 5.92 Å². The molecule has 3 heteroatoms. The maximum absolute atomic E-state index is 4.38. The van der Waals surface area contributed by atoms with Crippen molar-refractivity contribution in [2.45, 2.75) is 58.0 Å². The number of rotatable bonds is 7. The van der Waals surface area contributed by atoms with E-state index in [4.69, 9.17) is 0 Å². The van der Waals surface area contributed by atoms with Crippen LogP contribution in [0, 0.1) is 0 Å². The van der Waals surface area contributed by atoms with Crippen molar-refractivity contribution in [3.8, 4) is 0 Å². The Kier molecular flexibility index (Phi) is 3.99. The van der Waals surface area contributed by atoms with Crippen LogP contribution in [0.4, 0.5) is 0 Å². The number of hydrogen-bond acceptors (Lipinski definition) is 2. The lowest BCUT2D eigenvalue weighted by molar-refractivity contribution is 0.518. The molecule has 0 spiro atoms. The molecule has 0 amide bonds. The van der Waals surface area contributed by atoms with Crippen molar-refractivity contribution >= 4 is 0 Å². The molecule has 90 valence electrons. The fraction of sp³-hybridized carbons (Fsp3) is 0.769. The topological polar surface area (TPSA) is 29.9 Å². The highest BCUT2D eigenvalue weighted by molar-refractivity contribution is 5.06. The van der Waals surface area contributed by atoms with Crippen molar-refractivity contribution in [2.75, 3.05) is 6.54 Å². The summed E-state index contributed by atoms with van der Waals surface area (Å²) < 4.78 is 2.15. The van der Waals surface area contributed by atoms with Crippen LogP contribution < -0.4 is 5.32 Å². The van der Waals surface area contributed by atoms with Crippen LogP contribution in [0.5, 0.6) is 0 Å². The van der Waals surface area contributed by atoms with Gasteiger partial charge in [0.2, 0.25) is 0 Å². The van der Waals surface area contributed by atoms with Gasteiger partial charge in [-0.25, -0.2) is 0 Å². The molecule has 0 bridgehead atoms. The van der Waals surface area contributed by atoms with Gasteiger partial charge in [0.25, 0.3) is 0 Å². The lowest BCUT2D eigenvalue weighted by Gasteiger charge is -2.14. The Morgan fingerprint density at radius 1 is 1.56 bits per heavy atom. The molecule has 1 fully saturated rings. The molecule has 0 aromatic carbocycles. The summed E-state index contributed by atoms with van der Waals surface area (Å²) in [5.41, 5.74) is 1.39. The zero-order chi connectivity index (χ0) is 11.4. The second-order valence-corrected chi connectivity index (χ2v) is 4.90. The molecule has 1 aromatic heterocycles. The first kappa shape index (κ1) is 11.6. The molecule has 1 aliphatic rings. The molecule has 1 heterocycles. The predicted molar refractivity (Wildman–Crippen MR) is 66.6 cm³/mol. The van der Waals surface area contributed by atoms with E-state index in [0.717, 1.165) is 25.6 Å². The van der Waals surface area contributed by atoms with Gasteiger partial charge in [0, 0.05) is 24.5 Å². The van der Waals surface area contributed by atoms with Gasteiger partial charge in [-0.3, -0.25) is 4.68 Å². The molecule has 0 radical (unpaired) electrons. The highest BCUT2D eigenvalue weighted by Crippen LogP contribution is 2.21. The Bertz CT molecular complexity index is 315. The number of aryl methyl sites for hydroxylation is 1. The van der Waals surface area contributed by atoms with Crippen molar-refractivity contribution in [1.29, 1.82) is 0 Å². The van der Waals surface area contributed by atoms with Crippen LogP contribution in [0.25, 0.3) is 0 Å². The van der Waals surface area contributed by atoms with Crippen LogP contribution in [0.3, 0.4) is 0 Å². The van der Waals surface area contributed by atoms with Gasteiger partial charge in [0.1, 0.15) is 0 Å². The summed E-state index contributed by atoms with van der Waals surface area (Å²) in [5, 5.41) is 7.95. The van der Waals surface area contributed by atoms with Crippen molar-refractivity contribution in [1.82, 2.24) is 15.1 Å². The van der Waals surface area contributed by atoms with E-state index in [1.54, 1.807) is 0 Å². The molecule has 0 aliphatic heterocycles. The summed E-state index contributed by atoms with van der Waals surface area (Å²) in [4.78, 5) is 0. The van der Waals surface area contributed by atoms with Gasteiger partial charge in [-0.2, -0.15) is 5.10 Å². The molecule has 1 N–H and O–H groups in total. The lowest BCUT2D eigenvalue weighted by atomic mass is 10.0. The summed E-state index contributed by atoms with van der Waals surface area (Å²) in [5.74, 6) is 0.611. The minimum absolute atomic E-state index is 0.611. The van der Waals surface area contributed by atoms with Crippen molar-refractivity contribution in [2.24, 2.45) is 0 Å². The normalized spacial score (nSPS) is 17.6.